The Labute approximate surface area is 101 Å². The molecule has 0 saturated heterocycles. The largest absolute Gasteiger partial charge is 0.432 e. The van der Waals surface area contributed by atoms with Gasteiger partial charge in [0.15, 0.2) is 0 Å². The predicted molar refractivity (Wildman–Crippen MR) is 61.1 cm³/mol. The highest BCUT2D eigenvalue weighted by atomic mass is 35.5. The lowest BCUT2D eigenvalue weighted by atomic mass is 10.1. The summed E-state index contributed by atoms with van der Waals surface area (Å²) in [6.45, 7) is 1.83. The van der Waals surface area contributed by atoms with Crippen molar-refractivity contribution in [2.24, 2.45) is 5.73 Å². The van der Waals surface area contributed by atoms with Gasteiger partial charge in [-0.1, -0.05) is 41.4 Å². The van der Waals surface area contributed by atoms with Crippen LogP contribution in [0.15, 0.2) is 35.0 Å². The summed E-state index contributed by atoms with van der Waals surface area (Å²) < 4.78 is 36.8. The second-order valence-corrected chi connectivity index (χ2v) is 3.84. The Morgan fingerprint density at radius 3 is 2.12 bits per heavy atom. The molecule has 0 spiro atoms. The maximum absolute atomic E-state index is 12.3. The highest BCUT2D eigenvalue weighted by Crippen LogP contribution is 2.27. The Morgan fingerprint density at radius 1 is 1.24 bits per heavy atom. The first-order chi connectivity index (χ1) is 7.73. The third-order valence-electron chi connectivity index (χ3n) is 2.10. The normalized spacial score (nSPS) is 13.2. The fourth-order valence-corrected chi connectivity index (χ4v) is 1.32. The molecule has 3 N–H and O–H groups in total. The molecule has 0 aliphatic carbocycles. The van der Waals surface area contributed by atoms with Gasteiger partial charge < -0.3 is 5.73 Å². The Balaban J connectivity index is 3.10. The second-order valence-electron chi connectivity index (χ2n) is 3.47. The van der Waals surface area contributed by atoms with Gasteiger partial charge in [0.05, 0.1) is 10.7 Å². The fourth-order valence-electron chi connectivity index (χ4n) is 1.11. The summed E-state index contributed by atoms with van der Waals surface area (Å²) >= 11 is 5.45. The van der Waals surface area contributed by atoms with Crippen molar-refractivity contribution in [1.82, 2.24) is 0 Å². The number of aryl methyl sites for hydroxylation is 1. The van der Waals surface area contributed by atoms with E-state index in [0.29, 0.717) is 0 Å². The molecule has 2 nitrogen and oxygen atoms in total. The number of benzene rings is 1. The van der Waals surface area contributed by atoms with Gasteiger partial charge in [0.2, 0.25) is 0 Å². The molecule has 0 radical (unpaired) electrons. The molecule has 0 bridgehead atoms. The second kappa shape index (κ2) is 4.79. The van der Waals surface area contributed by atoms with Crippen molar-refractivity contribution in [3.63, 3.8) is 0 Å². The van der Waals surface area contributed by atoms with Gasteiger partial charge >= 0.3 is 6.18 Å². The number of hydrogen-bond donors (Lipinski definition) is 2. The molecule has 17 heavy (non-hydrogen) atoms. The molecule has 1 aromatic carbocycles. The van der Waals surface area contributed by atoms with Crippen molar-refractivity contribution >= 4 is 17.3 Å². The molecule has 0 atom stereocenters. The van der Waals surface area contributed by atoms with Crippen molar-refractivity contribution < 1.29 is 13.2 Å². The van der Waals surface area contributed by atoms with E-state index in [4.69, 9.17) is 22.7 Å². The van der Waals surface area contributed by atoms with Crippen LogP contribution in [0, 0.1) is 12.3 Å². The van der Waals surface area contributed by atoms with E-state index in [0.717, 1.165) is 5.56 Å². The van der Waals surface area contributed by atoms with E-state index in [1.165, 1.54) is 12.1 Å². The SMILES string of the molecule is Cc1ccc(C(=N)/C(Cl)=C(\N)C(F)(F)F)cc1. The molecule has 0 heterocycles. The van der Waals surface area contributed by atoms with Gasteiger partial charge in [0, 0.05) is 5.56 Å². The molecule has 1 rings (SSSR count). The topological polar surface area (TPSA) is 49.9 Å². The van der Waals surface area contributed by atoms with E-state index in [1.807, 2.05) is 6.92 Å². The third kappa shape index (κ3) is 3.23. The minimum Gasteiger partial charge on any atom is -0.393 e. The van der Waals surface area contributed by atoms with Crippen molar-refractivity contribution in [3.8, 4) is 0 Å². The number of rotatable bonds is 2. The Bertz CT molecular complexity index is 461. The lowest BCUT2D eigenvalue weighted by Crippen LogP contribution is -2.23. The van der Waals surface area contributed by atoms with Crippen LogP contribution < -0.4 is 5.73 Å². The van der Waals surface area contributed by atoms with Crippen LogP contribution in [-0.2, 0) is 0 Å². The van der Waals surface area contributed by atoms with Crippen LogP contribution in [0.4, 0.5) is 13.2 Å². The molecule has 92 valence electrons. The van der Waals surface area contributed by atoms with Crippen LogP contribution in [0.5, 0.6) is 0 Å². The number of alkyl halides is 3. The van der Waals surface area contributed by atoms with Crippen LogP contribution >= 0.6 is 11.6 Å². The number of halogens is 4. The molecule has 6 heteroatoms. The molecule has 0 aromatic heterocycles. The van der Waals surface area contributed by atoms with Crippen molar-refractivity contribution in [3.05, 3.63) is 46.1 Å². The summed E-state index contributed by atoms with van der Waals surface area (Å²) in [5.74, 6) is 0. The molecule has 0 fully saturated rings. The average Bonchev–Trinajstić information content (AvgIpc) is 2.26. The minimum atomic E-state index is -4.73. The van der Waals surface area contributed by atoms with Crippen LogP contribution in [-0.4, -0.2) is 11.9 Å². The van der Waals surface area contributed by atoms with Gasteiger partial charge in [0.25, 0.3) is 0 Å². The summed E-state index contributed by atoms with van der Waals surface area (Å²) in [4.78, 5) is 0. The minimum absolute atomic E-state index is 0.285. The van der Waals surface area contributed by atoms with Crippen LogP contribution in [0.1, 0.15) is 11.1 Å². The molecule has 0 aliphatic rings. The molecule has 1 aromatic rings. The Morgan fingerprint density at radius 2 is 1.71 bits per heavy atom. The van der Waals surface area contributed by atoms with Gasteiger partial charge in [-0.2, -0.15) is 13.2 Å². The van der Waals surface area contributed by atoms with Crippen LogP contribution in [0.2, 0.25) is 0 Å². The van der Waals surface area contributed by atoms with Crippen LogP contribution in [0.3, 0.4) is 0 Å². The Hall–Kier alpha value is -1.49. The summed E-state index contributed by atoms with van der Waals surface area (Å²) in [5.41, 5.74) is 4.17. The maximum atomic E-state index is 12.3. The quantitative estimate of drug-likeness (QED) is 0.789. The van der Waals surface area contributed by atoms with Gasteiger partial charge in [-0.15, -0.1) is 0 Å². The monoisotopic (exact) mass is 262 g/mol. The van der Waals surface area contributed by atoms with Gasteiger partial charge in [-0.25, -0.2) is 0 Å². The molecule has 0 saturated carbocycles. The summed E-state index contributed by atoms with van der Waals surface area (Å²) in [6, 6.07) is 6.39. The van der Waals surface area contributed by atoms with E-state index in [-0.39, 0.29) is 5.56 Å². The molecule has 0 amide bonds. The lowest BCUT2D eigenvalue weighted by Gasteiger charge is -2.10. The summed E-state index contributed by atoms with van der Waals surface area (Å²) in [6.07, 6.45) is -4.73. The molecule has 0 aliphatic heterocycles. The number of hydrogen-bond acceptors (Lipinski definition) is 2. The smallest absolute Gasteiger partial charge is 0.393 e. The number of allylic oxidation sites excluding steroid dienone is 2. The zero-order valence-electron chi connectivity index (χ0n) is 8.90. The van der Waals surface area contributed by atoms with E-state index in [1.54, 1.807) is 12.1 Å². The highest BCUT2D eigenvalue weighted by Gasteiger charge is 2.35. The average molecular weight is 263 g/mol. The predicted octanol–water partition coefficient (Wildman–Crippen LogP) is 3.33. The van der Waals surface area contributed by atoms with Crippen molar-refractivity contribution in [2.75, 3.05) is 0 Å². The highest BCUT2D eigenvalue weighted by molar-refractivity contribution is 6.46. The zero-order chi connectivity index (χ0) is 13.2. The lowest BCUT2D eigenvalue weighted by molar-refractivity contribution is -0.0927. The summed E-state index contributed by atoms with van der Waals surface area (Å²) in [5, 5.41) is 6.76. The first kappa shape index (κ1) is 13.6. The zero-order valence-corrected chi connectivity index (χ0v) is 9.65. The van der Waals surface area contributed by atoms with Crippen molar-refractivity contribution in [1.29, 1.82) is 5.41 Å². The van der Waals surface area contributed by atoms with Crippen molar-refractivity contribution in [2.45, 2.75) is 13.1 Å². The number of nitrogens with one attached hydrogen (secondary N) is 1. The van der Waals surface area contributed by atoms with Gasteiger partial charge in [0.1, 0.15) is 5.70 Å². The fraction of sp³-hybridized carbons (Fsp3) is 0.182. The van der Waals surface area contributed by atoms with E-state index in [9.17, 15) is 13.2 Å². The van der Waals surface area contributed by atoms with Gasteiger partial charge in [-0.05, 0) is 6.92 Å². The first-order valence-corrected chi connectivity index (χ1v) is 4.99. The molecule has 0 unspecified atom stereocenters. The van der Waals surface area contributed by atoms with Crippen LogP contribution in [0.25, 0.3) is 0 Å². The maximum Gasteiger partial charge on any atom is 0.432 e. The van der Waals surface area contributed by atoms with E-state index in [2.05, 4.69) is 0 Å². The molecular formula is C11H10ClF3N2. The van der Waals surface area contributed by atoms with E-state index < -0.39 is 22.6 Å². The first-order valence-electron chi connectivity index (χ1n) is 4.62. The van der Waals surface area contributed by atoms with Gasteiger partial charge in [-0.3, -0.25) is 5.41 Å². The Kier molecular flexibility index (Phi) is 3.83. The van der Waals surface area contributed by atoms with E-state index >= 15 is 0 Å². The third-order valence-corrected chi connectivity index (χ3v) is 2.49. The number of nitrogens with two attached hydrogens (primary N) is 1. The summed E-state index contributed by atoms with van der Waals surface area (Å²) in [7, 11) is 0. The molecular weight excluding hydrogens is 253 g/mol. The standard InChI is InChI=1S/C11H10ClF3N2/c1-6-2-4-7(5-3-6)9(16)8(12)10(17)11(13,14)15/h2-5,16H,17H2,1H3/b10-8+,16-9?.